The van der Waals surface area contributed by atoms with E-state index in [1.165, 1.54) is 11.8 Å². The van der Waals surface area contributed by atoms with Crippen LogP contribution in [0, 0.1) is 0 Å². The van der Waals surface area contributed by atoms with Crippen molar-refractivity contribution in [2.75, 3.05) is 6.61 Å². The highest BCUT2D eigenvalue weighted by atomic mass is 35.5. The first-order valence-electron chi connectivity index (χ1n) is 8.55. The Hall–Kier alpha value is -2.59. The van der Waals surface area contributed by atoms with Crippen LogP contribution in [-0.2, 0) is 16.0 Å². The van der Waals surface area contributed by atoms with Gasteiger partial charge in [0.15, 0.2) is 0 Å². The highest BCUT2D eigenvalue weighted by Gasteiger charge is 2.18. The van der Waals surface area contributed by atoms with E-state index in [0.717, 1.165) is 12.8 Å². The summed E-state index contributed by atoms with van der Waals surface area (Å²) in [6.45, 7) is 4.02. The number of benzene rings is 2. The zero-order chi connectivity index (χ0) is 18.9. The Morgan fingerprint density at radius 3 is 2.46 bits per heavy atom. The minimum atomic E-state index is -0.656. The maximum atomic E-state index is 12.3. The van der Waals surface area contributed by atoms with Crippen molar-refractivity contribution in [1.82, 2.24) is 0 Å². The summed E-state index contributed by atoms with van der Waals surface area (Å²) in [6.07, 6.45) is 3.39. The lowest BCUT2D eigenvalue weighted by Gasteiger charge is -2.08. The molecule has 0 heterocycles. The summed E-state index contributed by atoms with van der Waals surface area (Å²) >= 11 is 6.12. The lowest BCUT2D eigenvalue weighted by Crippen LogP contribution is -2.11. The van der Waals surface area contributed by atoms with Gasteiger partial charge in [-0.1, -0.05) is 49.2 Å². The second-order valence-electron chi connectivity index (χ2n) is 5.64. The summed E-state index contributed by atoms with van der Waals surface area (Å²) in [7, 11) is 0. The number of halogens is 1. The second-order valence-corrected chi connectivity index (χ2v) is 6.04. The third-order valence-corrected chi connectivity index (χ3v) is 4.03. The summed E-state index contributed by atoms with van der Waals surface area (Å²) in [5, 5.41) is 10.9. The van der Waals surface area contributed by atoms with Crippen LogP contribution in [0.3, 0.4) is 0 Å². The molecule has 0 aliphatic heterocycles. The average Bonchev–Trinajstić information content (AvgIpc) is 2.64. The van der Waals surface area contributed by atoms with Crippen molar-refractivity contribution in [3.63, 3.8) is 0 Å². The number of hydrogen-bond acceptors (Lipinski definition) is 4. The number of nitrogens with zero attached hydrogens (tertiary/aromatic N) is 1. The Bertz CT molecular complexity index is 810. The Morgan fingerprint density at radius 1 is 1.15 bits per heavy atom. The molecule has 4 nitrogen and oxygen atoms in total. The van der Waals surface area contributed by atoms with Crippen LogP contribution in [0.2, 0.25) is 5.02 Å². The molecule has 5 heteroatoms. The Kier molecular flexibility index (Phi) is 7.42. The zero-order valence-corrected chi connectivity index (χ0v) is 15.7. The predicted octanol–water partition coefficient (Wildman–Crippen LogP) is 5.53. The third-order valence-electron chi connectivity index (χ3n) is 3.70. The standard InChI is InChI=1S/C21H22ClNO3/c1-3-7-15-10-12-16(13-11-15)23-14-18(21(25)26-4-2)20(24)17-8-5-6-9-19(17)22/h5-6,8-14,24H,3-4,7H2,1-2H3. The summed E-state index contributed by atoms with van der Waals surface area (Å²) in [5.41, 5.74) is 2.21. The summed E-state index contributed by atoms with van der Waals surface area (Å²) in [4.78, 5) is 16.6. The molecule has 26 heavy (non-hydrogen) atoms. The van der Waals surface area contributed by atoms with Crippen LogP contribution >= 0.6 is 11.6 Å². The van der Waals surface area contributed by atoms with E-state index in [1.807, 2.05) is 24.3 Å². The number of aryl methyl sites for hydroxylation is 1. The van der Waals surface area contributed by atoms with Crippen LogP contribution < -0.4 is 0 Å². The fraction of sp³-hybridized carbons (Fsp3) is 0.238. The van der Waals surface area contributed by atoms with Crippen molar-refractivity contribution in [2.45, 2.75) is 26.7 Å². The minimum Gasteiger partial charge on any atom is -0.506 e. The Balaban J connectivity index is 2.37. The van der Waals surface area contributed by atoms with Crippen molar-refractivity contribution in [3.05, 3.63) is 70.3 Å². The molecule has 0 bridgehead atoms. The largest absolute Gasteiger partial charge is 0.506 e. The molecule has 0 radical (unpaired) electrons. The average molecular weight is 372 g/mol. The molecular formula is C21H22ClNO3. The molecule has 0 amide bonds. The number of hydrogen-bond donors (Lipinski definition) is 1. The number of esters is 1. The van der Waals surface area contributed by atoms with E-state index in [0.29, 0.717) is 16.3 Å². The van der Waals surface area contributed by atoms with Crippen LogP contribution in [0.25, 0.3) is 5.76 Å². The maximum absolute atomic E-state index is 12.3. The smallest absolute Gasteiger partial charge is 0.343 e. The van der Waals surface area contributed by atoms with Crippen LogP contribution in [0.4, 0.5) is 5.69 Å². The lowest BCUT2D eigenvalue weighted by atomic mass is 10.1. The van der Waals surface area contributed by atoms with Crippen LogP contribution in [-0.4, -0.2) is 23.9 Å². The maximum Gasteiger partial charge on any atom is 0.343 e. The van der Waals surface area contributed by atoms with Gasteiger partial charge in [0.25, 0.3) is 0 Å². The first kappa shape index (κ1) is 19.7. The molecule has 2 aromatic carbocycles. The number of carbonyl (C=O) groups is 1. The van der Waals surface area contributed by atoms with Crippen molar-refractivity contribution in [2.24, 2.45) is 4.99 Å². The monoisotopic (exact) mass is 371 g/mol. The van der Waals surface area contributed by atoms with Crippen LogP contribution in [0.15, 0.2) is 59.1 Å². The summed E-state index contributed by atoms with van der Waals surface area (Å²) in [5.74, 6) is -0.920. The highest BCUT2D eigenvalue weighted by molar-refractivity contribution is 6.32. The van der Waals surface area contributed by atoms with Crippen molar-refractivity contribution < 1.29 is 14.6 Å². The zero-order valence-electron chi connectivity index (χ0n) is 14.9. The molecule has 2 rings (SSSR count). The number of aliphatic hydroxyl groups excluding tert-OH is 1. The van der Waals surface area contributed by atoms with Gasteiger partial charge in [0.1, 0.15) is 11.3 Å². The summed E-state index contributed by atoms with van der Waals surface area (Å²) < 4.78 is 5.03. The molecule has 0 saturated carbocycles. The van der Waals surface area contributed by atoms with Crippen molar-refractivity contribution >= 4 is 35.2 Å². The van der Waals surface area contributed by atoms with Gasteiger partial charge in [-0.2, -0.15) is 0 Å². The number of carbonyl (C=O) groups excluding carboxylic acids is 1. The van der Waals surface area contributed by atoms with Crippen LogP contribution in [0.1, 0.15) is 31.4 Å². The van der Waals surface area contributed by atoms with Gasteiger partial charge in [-0.05, 0) is 43.2 Å². The van der Waals surface area contributed by atoms with Gasteiger partial charge in [-0.25, -0.2) is 4.79 Å². The van der Waals surface area contributed by atoms with E-state index in [4.69, 9.17) is 16.3 Å². The van der Waals surface area contributed by atoms with E-state index >= 15 is 0 Å². The predicted molar refractivity (Wildman–Crippen MR) is 106 cm³/mol. The topological polar surface area (TPSA) is 58.9 Å². The molecular weight excluding hydrogens is 350 g/mol. The van der Waals surface area contributed by atoms with Gasteiger partial charge >= 0.3 is 5.97 Å². The quantitative estimate of drug-likeness (QED) is 0.301. The molecule has 0 fully saturated rings. The number of aliphatic imine (C=N–C) groups is 1. The van der Waals surface area contributed by atoms with E-state index in [1.54, 1.807) is 31.2 Å². The van der Waals surface area contributed by atoms with E-state index in [-0.39, 0.29) is 17.9 Å². The number of ether oxygens (including phenoxy) is 1. The van der Waals surface area contributed by atoms with Crippen LogP contribution in [0.5, 0.6) is 0 Å². The minimum absolute atomic E-state index is 0.0439. The fourth-order valence-corrected chi connectivity index (χ4v) is 2.62. The molecule has 2 aromatic rings. The molecule has 136 valence electrons. The molecule has 0 spiro atoms. The molecule has 0 aliphatic carbocycles. The second kappa shape index (κ2) is 9.78. The van der Waals surface area contributed by atoms with Gasteiger partial charge in [0, 0.05) is 11.8 Å². The van der Waals surface area contributed by atoms with E-state index < -0.39 is 5.97 Å². The van der Waals surface area contributed by atoms with Gasteiger partial charge in [-0.15, -0.1) is 0 Å². The Morgan fingerprint density at radius 2 is 1.85 bits per heavy atom. The van der Waals surface area contributed by atoms with Gasteiger partial charge in [0.05, 0.1) is 17.3 Å². The number of rotatable bonds is 7. The normalized spacial score (nSPS) is 12.1. The fourth-order valence-electron chi connectivity index (χ4n) is 2.39. The number of aliphatic hydroxyl groups is 1. The molecule has 0 saturated heterocycles. The van der Waals surface area contributed by atoms with Gasteiger partial charge in [-0.3, -0.25) is 4.99 Å². The third kappa shape index (κ3) is 5.20. The van der Waals surface area contributed by atoms with Gasteiger partial charge in [0.2, 0.25) is 0 Å². The molecule has 0 aliphatic rings. The first-order valence-corrected chi connectivity index (χ1v) is 8.92. The molecule has 0 atom stereocenters. The highest BCUT2D eigenvalue weighted by Crippen LogP contribution is 2.25. The summed E-state index contributed by atoms with van der Waals surface area (Å²) in [6, 6.07) is 14.5. The van der Waals surface area contributed by atoms with E-state index in [2.05, 4.69) is 11.9 Å². The molecule has 1 N–H and O–H groups in total. The molecule has 0 unspecified atom stereocenters. The first-order chi connectivity index (χ1) is 12.6. The van der Waals surface area contributed by atoms with Gasteiger partial charge < -0.3 is 9.84 Å². The van der Waals surface area contributed by atoms with Crippen molar-refractivity contribution in [3.8, 4) is 0 Å². The lowest BCUT2D eigenvalue weighted by molar-refractivity contribution is -0.137. The Labute approximate surface area is 158 Å². The molecule has 0 aromatic heterocycles. The van der Waals surface area contributed by atoms with Crippen molar-refractivity contribution in [1.29, 1.82) is 0 Å². The van der Waals surface area contributed by atoms with E-state index in [9.17, 15) is 9.90 Å². The SMILES string of the molecule is CCCc1ccc(N=CC(C(=O)OCC)=C(O)c2ccccc2Cl)cc1.